The Hall–Kier alpha value is -0.290. The lowest BCUT2D eigenvalue weighted by Gasteiger charge is -2.13. The lowest BCUT2D eigenvalue weighted by Crippen LogP contribution is -2.23. The summed E-state index contributed by atoms with van der Waals surface area (Å²) in [4.78, 5) is 0. The van der Waals surface area contributed by atoms with Crippen molar-refractivity contribution in [1.82, 2.24) is 0 Å². The average molecular weight is 157 g/mol. The molecule has 0 bridgehead atoms. The minimum atomic E-state index is -4.53. The highest BCUT2D eigenvalue weighted by Crippen LogP contribution is 2.19. The summed E-state index contributed by atoms with van der Waals surface area (Å²) in [5.74, 6) is 0. The van der Waals surface area contributed by atoms with Gasteiger partial charge in [0.1, 0.15) is 0 Å². The van der Waals surface area contributed by atoms with Crippen molar-refractivity contribution in [2.45, 2.75) is 25.8 Å². The molecule has 5 heteroatoms. The van der Waals surface area contributed by atoms with Crippen molar-refractivity contribution in [3.05, 3.63) is 0 Å². The van der Waals surface area contributed by atoms with Crippen molar-refractivity contribution in [3.8, 4) is 0 Å². The fraction of sp³-hybridized carbons (Fsp3) is 1.00. The molecule has 0 aromatic carbocycles. The first kappa shape index (κ1) is 9.71. The van der Waals surface area contributed by atoms with Crippen molar-refractivity contribution in [1.29, 1.82) is 0 Å². The highest BCUT2D eigenvalue weighted by molar-refractivity contribution is 4.50. The van der Waals surface area contributed by atoms with Gasteiger partial charge in [-0.15, -0.1) is 13.2 Å². The molecule has 0 radical (unpaired) electrons. The van der Waals surface area contributed by atoms with Crippen LogP contribution in [0.3, 0.4) is 0 Å². The molecule has 1 atom stereocenters. The number of rotatable bonds is 3. The van der Waals surface area contributed by atoms with Crippen LogP contribution in [-0.2, 0) is 4.74 Å². The van der Waals surface area contributed by atoms with Gasteiger partial charge in [0.2, 0.25) is 0 Å². The Morgan fingerprint density at radius 3 is 2.30 bits per heavy atom. The van der Waals surface area contributed by atoms with Gasteiger partial charge in [-0.25, -0.2) is 0 Å². The van der Waals surface area contributed by atoms with Crippen LogP contribution < -0.4 is 5.73 Å². The Morgan fingerprint density at radius 1 is 1.50 bits per heavy atom. The third-order valence-corrected chi connectivity index (χ3v) is 0.908. The van der Waals surface area contributed by atoms with Gasteiger partial charge in [0.25, 0.3) is 0 Å². The summed E-state index contributed by atoms with van der Waals surface area (Å²) in [6.45, 7) is 1.54. The van der Waals surface area contributed by atoms with Gasteiger partial charge in [-0.1, -0.05) is 0 Å². The lowest BCUT2D eigenvalue weighted by atomic mass is 10.3. The number of nitrogens with two attached hydrogens (primary N) is 1. The maximum Gasteiger partial charge on any atom is 0.522 e. The van der Waals surface area contributed by atoms with Crippen LogP contribution in [0, 0.1) is 0 Å². The Kier molecular flexibility index (Phi) is 3.67. The molecule has 10 heavy (non-hydrogen) atoms. The molecular formula is C5H10F3NO. The molecule has 0 aliphatic heterocycles. The number of alkyl halides is 3. The number of ether oxygens (including phenoxy) is 1. The molecule has 0 aliphatic carbocycles. The van der Waals surface area contributed by atoms with Crippen molar-refractivity contribution in [2.75, 3.05) is 6.54 Å². The highest BCUT2D eigenvalue weighted by Gasteiger charge is 2.31. The maximum absolute atomic E-state index is 11.4. The van der Waals surface area contributed by atoms with Gasteiger partial charge in [0.05, 0.1) is 6.10 Å². The molecule has 2 nitrogen and oxygen atoms in total. The molecule has 0 rings (SSSR count). The van der Waals surface area contributed by atoms with Gasteiger partial charge in [-0.05, 0) is 19.9 Å². The molecule has 0 aromatic rings. The summed E-state index contributed by atoms with van der Waals surface area (Å²) < 4.78 is 37.7. The standard InChI is InChI=1S/C5H10F3NO/c1-4(2-3-9)10-5(6,7)8/h4H,2-3,9H2,1H3. The molecule has 0 saturated carbocycles. The molecule has 0 aliphatic rings. The summed E-state index contributed by atoms with van der Waals surface area (Å²) in [6, 6.07) is 0. The minimum absolute atomic E-state index is 0.206. The van der Waals surface area contributed by atoms with Crippen molar-refractivity contribution in [3.63, 3.8) is 0 Å². The van der Waals surface area contributed by atoms with E-state index in [4.69, 9.17) is 5.73 Å². The zero-order chi connectivity index (χ0) is 8.20. The van der Waals surface area contributed by atoms with Gasteiger partial charge in [-0.2, -0.15) is 0 Å². The molecule has 2 N–H and O–H groups in total. The van der Waals surface area contributed by atoms with E-state index in [1.54, 1.807) is 0 Å². The first-order valence-corrected chi connectivity index (χ1v) is 2.90. The van der Waals surface area contributed by atoms with Crippen LogP contribution in [-0.4, -0.2) is 19.0 Å². The fourth-order valence-corrected chi connectivity index (χ4v) is 0.522. The third kappa shape index (κ3) is 5.84. The smallest absolute Gasteiger partial charge is 0.330 e. The van der Waals surface area contributed by atoms with Crippen LogP contribution >= 0.6 is 0 Å². The normalized spacial score (nSPS) is 15.3. The second kappa shape index (κ2) is 3.78. The zero-order valence-electron chi connectivity index (χ0n) is 5.61. The Balaban J connectivity index is 3.47. The van der Waals surface area contributed by atoms with Crippen molar-refractivity contribution in [2.24, 2.45) is 5.73 Å². The van der Waals surface area contributed by atoms with E-state index in [2.05, 4.69) is 4.74 Å². The molecule has 0 spiro atoms. The van der Waals surface area contributed by atoms with Gasteiger partial charge < -0.3 is 5.73 Å². The molecule has 0 aromatic heterocycles. The fourth-order valence-electron chi connectivity index (χ4n) is 0.522. The van der Waals surface area contributed by atoms with Crippen LogP contribution in [0.25, 0.3) is 0 Å². The summed E-state index contributed by atoms with van der Waals surface area (Å²) in [5, 5.41) is 0. The predicted molar refractivity (Wildman–Crippen MR) is 30.3 cm³/mol. The van der Waals surface area contributed by atoms with Crippen LogP contribution in [0.1, 0.15) is 13.3 Å². The third-order valence-electron chi connectivity index (χ3n) is 0.908. The SMILES string of the molecule is CC(CCN)OC(F)(F)F. The molecular weight excluding hydrogens is 147 g/mol. The maximum atomic E-state index is 11.4. The highest BCUT2D eigenvalue weighted by atomic mass is 19.4. The molecule has 0 heterocycles. The lowest BCUT2D eigenvalue weighted by molar-refractivity contribution is -0.340. The second-order valence-corrected chi connectivity index (χ2v) is 1.95. The quantitative estimate of drug-likeness (QED) is 0.669. The summed E-state index contributed by atoms with van der Waals surface area (Å²) in [5.41, 5.74) is 5.00. The average Bonchev–Trinajstić information content (AvgIpc) is 1.59. The Morgan fingerprint density at radius 2 is 2.00 bits per heavy atom. The van der Waals surface area contributed by atoms with E-state index in [0.29, 0.717) is 0 Å². The van der Waals surface area contributed by atoms with E-state index < -0.39 is 12.5 Å². The summed E-state index contributed by atoms with van der Waals surface area (Å²) in [6.07, 6.45) is -5.15. The van der Waals surface area contributed by atoms with Gasteiger partial charge in [0, 0.05) is 0 Å². The van der Waals surface area contributed by atoms with Gasteiger partial charge in [0.15, 0.2) is 0 Å². The number of hydrogen-bond acceptors (Lipinski definition) is 2. The summed E-state index contributed by atoms with van der Waals surface area (Å²) in [7, 11) is 0. The largest absolute Gasteiger partial charge is 0.522 e. The van der Waals surface area contributed by atoms with Crippen LogP contribution in [0.2, 0.25) is 0 Å². The monoisotopic (exact) mass is 157 g/mol. The van der Waals surface area contributed by atoms with E-state index >= 15 is 0 Å². The molecule has 0 fully saturated rings. The minimum Gasteiger partial charge on any atom is -0.330 e. The summed E-state index contributed by atoms with van der Waals surface area (Å²) >= 11 is 0. The van der Waals surface area contributed by atoms with E-state index in [9.17, 15) is 13.2 Å². The number of hydrogen-bond donors (Lipinski definition) is 1. The van der Waals surface area contributed by atoms with Gasteiger partial charge >= 0.3 is 6.36 Å². The topological polar surface area (TPSA) is 35.2 Å². The van der Waals surface area contributed by atoms with Crippen LogP contribution in [0.15, 0.2) is 0 Å². The molecule has 0 amide bonds. The predicted octanol–water partition coefficient (Wildman–Crippen LogP) is 1.26. The van der Waals surface area contributed by atoms with E-state index in [-0.39, 0.29) is 13.0 Å². The Labute approximate surface area is 57.1 Å². The second-order valence-electron chi connectivity index (χ2n) is 1.95. The first-order valence-electron chi connectivity index (χ1n) is 2.90. The first-order chi connectivity index (χ1) is 4.45. The van der Waals surface area contributed by atoms with E-state index in [0.717, 1.165) is 0 Å². The molecule has 1 unspecified atom stereocenters. The van der Waals surface area contributed by atoms with Crippen LogP contribution in [0.4, 0.5) is 13.2 Å². The van der Waals surface area contributed by atoms with Gasteiger partial charge in [-0.3, -0.25) is 4.74 Å². The van der Waals surface area contributed by atoms with Crippen molar-refractivity contribution < 1.29 is 17.9 Å². The number of halogens is 3. The van der Waals surface area contributed by atoms with E-state index in [1.165, 1.54) is 6.92 Å². The van der Waals surface area contributed by atoms with Crippen LogP contribution in [0.5, 0.6) is 0 Å². The van der Waals surface area contributed by atoms with Crippen molar-refractivity contribution >= 4 is 0 Å². The van der Waals surface area contributed by atoms with E-state index in [1.807, 2.05) is 0 Å². The molecule has 62 valence electrons. The molecule has 0 saturated heterocycles. The zero-order valence-corrected chi connectivity index (χ0v) is 5.61. The Bertz CT molecular complexity index is 93.4.